The fraction of sp³-hybridized carbons (Fsp3) is 0.250. The van der Waals surface area contributed by atoms with Crippen LogP contribution in [0.15, 0.2) is 43.0 Å². The van der Waals surface area contributed by atoms with Crippen molar-refractivity contribution >= 4 is 32.8 Å². The van der Waals surface area contributed by atoms with E-state index >= 15 is 0 Å². The van der Waals surface area contributed by atoms with Crippen molar-refractivity contribution in [3.8, 4) is 0 Å². The Morgan fingerprint density at radius 3 is 2.47 bits per heavy atom. The Bertz CT molecular complexity index is 514. The second-order valence-corrected chi connectivity index (χ2v) is 5.00. The van der Waals surface area contributed by atoms with Gasteiger partial charge in [0.15, 0.2) is 0 Å². The molecule has 0 saturated heterocycles. The lowest BCUT2D eigenvalue weighted by atomic mass is 9.96. The van der Waals surface area contributed by atoms with Crippen molar-refractivity contribution in [2.24, 2.45) is 0 Å². The summed E-state index contributed by atoms with van der Waals surface area (Å²) in [6, 6.07) is 13.0. The molecule has 0 saturated carbocycles. The van der Waals surface area contributed by atoms with E-state index in [0.29, 0.717) is 0 Å². The van der Waals surface area contributed by atoms with Crippen LogP contribution in [-0.4, -0.2) is 5.33 Å². The molecule has 2 aromatic rings. The minimum atomic E-state index is 1.09. The third-order valence-electron chi connectivity index (χ3n) is 3.10. The summed E-state index contributed by atoms with van der Waals surface area (Å²) in [5.74, 6) is 0. The molecule has 0 aliphatic heterocycles. The Hall–Kier alpha value is -1.08. The van der Waals surface area contributed by atoms with E-state index in [1.165, 1.54) is 34.7 Å². The molecule has 1 heteroatoms. The van der Waals surface area contributed by atoms with Gasteiger partial charge in [-0.1, -0.05) is 65.0 Å². The lowest BCUT2D eigenvalue weighted by Crippen LogP contribution is -1.90. The number of benzene rings is 2. The topological polar surface area (TPSA) is 0 Å². The van der Waals surface area contributed by atoms with Gasteiger partial charge in [-0.05, 0) is 41.2 Å². The fourth-order valence-electron chi connectivity index (χ4n) is 2.19. The highest BCUT2D eigenvalue weighted by Crippen LogP contribution is 2.24. The van der Waals surface area contributed by atoms with Crippen molar-refractivity contribution < 1.29 is 0 Å². The number of fused-ring (bicyclic) bond motifs is 1. The highest BCUT2D eigenvalue weighted by Gasteiger charge is 2.03. The maximum Gasteiger partial charge on any atom is 0.00314 e. The van der Waals surface area contributed by atoms with Gasteiger partial charge in [0.25, 0.3) is 0 Å². The number of unbranched alkanes of at least 4 members (excludes halogenated alkanes) is 1. The smallest absolute Gasteiger partial charge is 0.00314 e. The van der Waals surface area contributed by atoms with Crippen LogP contribution in [0.2, 0.25) is 0 Å². The highest BCUT2D eigenvalue weighted by atomic mass is 79.9. The van der Waals surface area contributed by atoms with Gasteiger partial charge in [-0.3, -0.25) is 0 Å². The summed E-state index contributed by atoms with van der Waals surface area (Å²) < 4.78 is 0. The maximum atomic E-state index is 3.88. The van der Waals surface area contributed by atoms with Gasteiger partial charge in [0.05, 0.1) is 0 Å². The van der Waals surface area contributed by atoms with E-state index in [9.17, 15) is 0 Å². The zero-order valence-electron chi connectivity index (χ0n) is 9.95. The monoisotopic (exact) mass is 288 g/mol. The molecule has 0 unspecified atom stereocenters. The second kappa shape index (κ2) is 6.02. The maximum absolute atomic E-state index is 3.88. The predicted octanol–water partition coefficient (Wildman–Crippen LogP) is 5.20. The normalized spacial score (nSPS) is 10.6. The average molecular weight is 289 g/mol. The van der Waals surface area contributed by atoms with Crippen LogP contribution in [0.25, 0.3) is 16.8 Å². The molecule has 0 atom stereocenters. The lowest BCUT2D eigenvalue weighted by molar-refractivity contribution is 0.810. The molecule has 0 nitrogen and oxygen atoms in total. The average Bonchev–Trinajstić information content (AvgIpc) is 2.39. The van der Waals surface area contributed by atoms with Crippen molar-refractivity contribution in [3.05, 3.63) is 54.1 Å². The van der Waals surface area contributed by atoms with Crippen LogP contribution in [0.4, 0.5) is 0 Å². The molecule has 0 aliphatic carbocycles. The molecule has 88 valence electrons. The largest absolute Gasteiger partial charge is 0.0984 e. The van der Waals surface area contributed by atoms with E-state index in [4.69, 9.17) is 0 Å². The van der Waals surface area contributed by atoms with Gasteiger partial charge in [-0.25, -0.2) is 0 Å². The van der Waals surface area contributed by atoms with E-state index in [2.05, 4.69) is 58.9 Å². The van der Waals surface area contributed by atoms with Gasteiger partial charge in [0.1, 0.15) is 0 Å². The van der Waals surface area contributed by atoms with Crippen molar-refractivity contribution in [1.82, 2.24) is 0 Å². The van der Waals surface area contributed by atoms with Gasteiger partial charge in [-0.2, -0.15) is 0 Å². The van der Waals surface area contributed by atoms with Crippen molar-refractivity contribution in [1.29, 1.82) is 0 Å². The Labute approximate surface area is 111 Å². The van der Waals surface area contributed by atoms with E-state index in [-0.39, 0.29) is 0 Å². The summed E-state index contributed by atoms with van der Waals surface area (Å²) in [5, 5.41) is 3.79. The summed E-state index contributed by atoms with van der Waals surface area (Å²) in [4.78, 5) is 0. The van der Waals surface area contributed by atoms with Crippen LogP contribution >= 0.6 is 15.9 Å². The molecule has 0 bridgehead atoms. The lowest BCUT2D eigenvalue weighted by Gasteiger charge is -2.08. The van der Waals surface area contributed by atoms with Crippen LogP contribution in [-0.2, 0) is 6.42 Å². The summed E-state index contributed by atoms with van der Waals surface area (Å²) in [6.07, 6.45) is 5.56. The molecular weight excluding hydrogens is 272 g/mol. The number of halogens is 1. The first-order valence-corrected chi connectivity index (χ1v) is 7.18. The number of hydrogen-bond acceptors (Lipinski definition) is 0. The van der Waals surface area contributed by atoms with E-state index < -0.39 is 0 Å². The Balaban J connectivity index is 2.40. The molecule has 2 rings (SSSR count). The quantitative estimate of drug-likeness (QED) is 0.524. The third kappa shape index (κ3) is 2.78. The molecule has 0 N–H and O–H groups in total. The minimum Gasteiger partial charge on any atom is -0.0984 e. The van der Waals surface area contributed by atoms with E-state index in [0.717, 1.165) is 11.8 Å². The van der Waals surface area contributed by atoms with Crippen molar-refractivity contribution in [2.45, 2.75) is 19.3 Å². The van der Waals surface area contributed by atoms with Crippen molar-refractivity contribution in [3.63, 3.8) is 0 Å². The summed E-state index contributed by atoms with van der Waals surface area (Å²) >= 11 is 3.48. The fourth-order valence-corrected chi connectivity index (χ4v) is 2.59. The van der Waals surface area contributed by atoms with Crippen LogP contribution in [0.3, 0.4) is 0 Å². The summed E-state index contributed by atoms with van der Waals surface area (Å²) in [5.41, 5.74) is 2.68. The van der Waals surface area contributed by atoms with E-state index in [1.54, 1.807) is 0 Å². The van der Waals surface area contributed by atoms with Crippen LogP contribution < -0.4 is 0 Å². The molecule has 0 aromatic heterocycles. The van der Waals surface area contributed by atoms with Crippen LogP contribution in [0.1, 0.15) is 24.0 Å². The Kier molecular flexibility index (Phi) is 4.38. The Morgan fingerprint density at radius 2 is 1.76 bits per heavy atom. The standard InChI is InChI=1S/C16H17Br/c1-2-13-10-11-14(7-5-6-12-17)16-9-4-3-8-15(13)16/h2-4,8-11H,1,5-7,12H2. The zero-order chi connectivity index (χ0) is 12.1. The first kappa shape index (κ1) is 12.4. The molecule has 0 spiro atoms. The minimum absolute atomic E-state index is 1.09. The summed E-state index contributed by atoms with van der Waals surface area (Å²) in [7, 11) is 0. The number of rotatable bonds is 5. The number of hydrogen-bond donors (Lipinski definition) is 0. The molecule has 0 amide bonds. The molecule has 2 aromatic carbocycles. The van der Waals surface area contributed by atoms with Gasteiger partial charge in [0.2, 0.25) is 0 Å². The van der Waals surface area contributed by atoms with Crippen LogP contribution in [0, 0.1) is 0 Å². The van der Waals surface area contributed by atoms with Crippen molar-refractivity contribution in [2.75, 3.05) is 5.33 Å². The van der Waals surface area contributed by atoms with E-state index in [1.807, 2.05) is 6.08 Å². The van der Waals surface area contributed by atoms with Gasteiger partial charge < -0.3 is 0 Å². The second-order valence-electron chi connectivity index (χ2n) is 4.21. The molecule has 17 heavy (non-hydrogen) atoms. The summed E-state index contributed by atoms with van der Waals surface area (Å²) in [6.45, 7) is 3.88. The Morgan fingerprint density at radius 1 is 1.00 bits per heavy atom. The number of aryl methyl sites for hydroxylation is 1. The SMILES string of the molecule is C=Cc1ccc(CCCCBr)c2ccccc12. The zero-order valence-corrected chi connectivity index (χ0v) is 11.5. The first-order valence-electron chi connectivity index (χ1n) is 6.06. The first-order chi connectivity index (χ1) is 8.36. The third-order valence-corrected chi connectivity index (χ3v) is 3.66. The molecule has 0 fully saturated rings. The van der Waals surface area contributed by atoms with Gasteiger partial charge in [0, 0.05) is 5.33 Å². The number of alkyl halides is 1. The molecular formula is C16H17Br. The van der Waals surface area contributed by atoms with Gasteiger partial charge >= 0.3 is 0 Å². The molecule has 0 radical (unpaired) electrons. The predicted molar refractivity (Wildman–Crippen MR) is 80.8 cm³/mol. The molecule has 0 heterocycles. The van der Waals surface area contributed by atoms with Gasteiger partial charge in [-0.15, -0.1) is 0 Å². The van der Waals surface area contributed by atoms with Crippen LogP contribution in [0.5, 0.6) is 0 Å². The molecule has 0 aliphatic rings. The highest BCUT2D eigenvalue weighted by molar-refractivity contribution is 9.09.